The van der Waals surface area contributed by atoms with Gasteiger partial charge in [-0.15, -0.1) is 0 Å². The van der Waals surface area contributed by atoms with Gasteiger partial charge in [-0.3, -0.25) is 5.43 Å². The summed E-state index contributed by atoms with van der Waals surface area (Å²) in [6, 6.07) is 0. The van der Waals surface area contributed by atoms with Gasteiger partial charge in [0.25, 0.3) is 0 Å². The molecule has 1 aliphatic heterocycles. The first-order valence-electron chi connectivity index (χ1n) is 8.02. The van der Waals surface area contributed by atoms with Gasteiger partial charge in [0, 0.05) is 26.2 Å². The van der Waals surface area contributed by atoms with Crippen LogP contribution in [0, 0.1) is 5.92 Å². The van der Waals surface area contributed by atoms with Crippen LogP contribution in [-0.4, -0.2) is 41.1 Å². The highest BCUT2D eigenvalue weighted by atomic mass is 15.4. The fourth-order valence-electron chi connectivity index (χ4n) is 2.96. The van der Waals surface area contributed by atoms with Crippen molar-refractivity contribution < 1.29 is 0 Å². The molecule has 2 aliphatic rings. The van der Waals surface area contributed by atoms with E-state index in [1.165, 1.54) is 32.1 Å². The predicted octanol–water partition coefficient (Wildman–Crippen LogP) is 1.38. The minimum absolute atomic E-state index is 0.453. The number of nitrogens with one attached hydrogen (secondary N) is 1. The highest BCUT2D eigenvalue weighted by Gasteiger charge is 2.23. The van der Waals surface area contributed by atoms with Gasteiger partial charge in [0.2, 0.25) is 17.8 Å². The molecule has 0 unspecified atom stereocenters. The SMILES string of the molecule is CCN(CC1CCC1)c1nc(NN)nc(N2CCCC2)n1. The van der Waals surface area contributed by atoms with Gasteiger partial charge in [-0.05, 0) is 38.5 Å². The molecule has 0 spiro atoms. The van der Waals surface area contributed by atoms with Gasteiger partial charge in [0.1, 0.15) is 0 Å². The van der Waals surface area contributed by atoms with E-state index in [1.54, 1.807) is 0 Å². The molecule has 0 aromatic carbocycles. The quantitative estimate of drug-likeness (QED) is 0.605. The van der Waals surface area contributed by atoms with Crippen LogP contribution in [0.15, 0.2) is 0 Å². The Morgan fingerprint density at radius 1 is 1.19 bits per heavy atom. The Hall–Kier alpha value is -1.63. The van der Waals surface area contributed by atoms with E-state index in [0.29, 0.717) is 5.95 Å². The fourth-order valence-corrected chi connectivity index (χ4v) is 2.96. The first kappa shape index (κ1) is 14.3. The average Bonchev–Trinajstić information content (AvgIpc) is 3.00. The molecule has 0 atom stereocenters. The lowest BCUT2D eigenvalue weighted by Gasteiger charge is -2.32. The summed E-state index contributed by atoms with van der Waals surface area (Å²) in [5, 5.41) is 0. The van der Waals surface area contributed by atoms with Crippen molar-refractivity contribution in [2.45, 2.75) is 39.0 Å². The zero-order valence-corrected chi connectivity index (χ0v) is 12.8. The molecule has 3 N–H and O–H groups in total. The van der Waals surface area contributed by atoms with E-state index in [1.807, 2.05) is 0 Å². The number of rotatable bonds is 6. The predicted molar refractivity (Wildman–Crippen MR) is 84.3 cm³/mol. The summed E-state index contributed by atoms with van der Waals surface area (Å²) in [6.07, 6.45) is 6.40. The van der Waals surface area contributed by atoms with Crippen LogP contribution < -0.4 is 21.1 Å². The van der Waals surface area contributed by atoms with Crippen LogP contribution >= 0.6 is 0 Å². The van der Waals surface area contributed by atoms with Crippen LogP contribution in [0.25, 0.3) is 0 Å². The number of anilines is 3. The minimum atomic E-state index is 0.453. The summed E-state index contributed by atoms with van der Waals surface area (Å²) < 4.78 is 0. The van der Waals surface area contributed by atoms with Crippen LogP contribution in [0.3, 0.4) is 0 Å². The van der Waals surface area contributed by atoms with E-state index >= 15 is 0 Å². The third kappa shape index (κ3) is 3.18. The lowest BCUT2D eigenvalue weighted by atomic mass is 9.85. The monoisotopic (exact) mass is 291 g/mol. The lowest BCUT2D eigenvalue weighted by Crippen LogP contribution is -2.34. The van der Waals surface area contributed by atoms with Gasteiger partial charge in [-0.25, -0.2) is 5.84 Å². The second kappa shape index (κ2) is 6.43. The van der Waals surface area contributed by atoms with Crippen molar-refractivity contribution in [3.63, 3.8) is 0 Å². The lowest BCUT2D eigenvalue weighted by molar-refractivity contribution is 0.317. The Labute approximate surface area is 125 Å². The van der Waals surface area contributed by atoms with Crippen molar-refractivity contribution in [3.8, 4) is 0 Å². The van der Waals surface area contributed by atoms with Crippen molar-refractivity contribution in [2.24, 2.45) is 11.8 Å². The van der Waals surface area contributed by atoms with E-state index < -0.39 is 0 Å². The van der Waals surface area contributed by atoms with E-state index in [2.05, 4.69) is 37.1 Å². The molecule has 1 aromatic heterocycles. The van der Waals surface area contributed by atoms with Gasteiger partial charge in [0.05, 0.1) is 0 Å². The first-order valence-corrected chi connectivity index (χ1v) is 8.02. The summed E-state index contributed by atoms with van der Waals surface area (Å²) in [6.45, 7) is 6.12. The number of hydrogen-bond donors (Lipinski definition) is 2. The van der Waals surface area contributed by atoms with Gasteiger partial charge in [-0.2, -0.15) is 15.0 Å². The van der Waals surface area contributed by atoms with E-state index in [4.69, 9.17) is 5.84 Å². The molecule has 1 aliphatic carbocycles. The number of nitrogens with two attached hydrogens (primary N) is 1. The summed E-state index contributed by atoms with van der Waals surface area (Å²) in [7, 11) is 0. The van der Waals surface area contributed by atoms with Crippen LogP contribution in [0.2, 0.25) is 0 Å². The van der Waals surface area contributed by atoms with E-state index in [-0.39, 0.29) is 0 Å². The van der Waals surface area contributed by atoms with Gasteiger partial charge in [-0.1, -0.05) is 6.42 Å². The number of hydrazine groups is 1. The number of aromatic nitrogens is 3. The smallest absolute Gasteiger partial charge is 0.243 e. The molecule has 2 fully saturated rings. The number of nitrogen functional groups attached to an aromatic ring is 1. The fraction of sp³-hybridized carbons (Fsp3) is 0.786. The molecule has 7 nitrogen and oxygen atoms in total. The van der Waals surface area contributed by atoms with Crippen molar-refractivity contribution in [2.75, 3.05) is 41.4 Å². The van der Waals surface area contributed by atoms with E-state index in [0.717, 1.165) is 44.0 Å². The largest absolute Gasteiger partial charge is 0.341 e. The summed E-state index contributed by atoms with van der Waals surface area (Å²) in [5.41, 5.74) is 2.58. The molecule has 3 rings (SSSR count). The highest BCUT2D eigenvalue weighted by molar-refractivity contribution is 5.45. The molecule has 1 aromatic rings. The van der Waals surface area contributed by atoms with Crippen LogP contribution in [-0.2, 0) is 0 Å². The maximum absolute atomic E-state index is 5.53. The standard InChI is InChI=1S/C14H25N7/c1-2-20(10-11-6-5-7-11)13-16-12(19-15)17-14(18-13)21-8-3-4-9-21/h11H,2-10,15H2,1H3,(H,16,17,18,19). The molecule has 2 heterocycles. The Kier molecular flexibility index (Phi) is 4.38. The first-order chi connectivity index (χ1) is 10.3. The summed E-state index contributed by atoms with van der Waals surface area (Å²) in [5.74, 6) is 8.26. The van der Waals surface area contributed by atoms with Gasteiger partial charge < -0.3 is 9.80 Å². The Morgan fingerprint density at radius 3 is 2.52 bits per heavy atom. The molecule has 0 bridgehead atoms. The van der Waals surface area contributed by atoms with Crippen LogP contribution in [0.5, 0.6) is 0 Å². The van der Waals surface area contributed by atoms with Crippen molar-refractivity contribution in [3.05, 3.63) is 0 Å². The van der Waals surface area contributed by atoms with Crippen molar-refractivity contribution in [1.29, 1.82) is 0 Å². The second-order valence-electron chi connectivity index (χ2n) is 5.93. The maximum atomic E-state index is 5.53. The molecular weight excluding hydrogens is 266 g/mol. The molecule has 7 heteroatoms. The van der Waals surface area contributed by atoms with Crippen LogP contribution in [0.4, 0.5) is 17.8 Å². The third-order valence-electron chi connectivity index (χ3n) is 4.50. The zero-order valence-electron chi connectivity index (χ0n) is 12.8. The Bertz CT molecular complexity index is 468. The average molecular weight is 291 g/mol. The molecule has 116 valence electrons. The Morgan fingerprint density at radius 2 is 1.95 bits per heavy atom. The highest BCUT2D eigenvalue weighted by Crippen LogP contribution is 2.28. The normalized spacial score (nSPS) is 18.7. The minimum Gasteiger partial charge on any atom is -0.341 e. The van der Waals surface area contributed by atoms with Gasteiger partial charge >= 0.3 is 0 Å². The number of hydrogen-bond acceptors (Lipinski definition) is 7. The van der Waals surface area contributed by atoms with Crippen molar-refractivity contribution in [1.82, 2.24) is 15.0 Å². The Balaban J connectivity index is 1.82. The number of nitrogens with zero attached hydrogens (tertiary/aromatic N) is 5. The van der Waals surface area contributed by atoms with E-state index in [9.17, 15) is 0 Å². The summed E-state index contributed by atoms with van der Waals surface area (Å²) in [4.78, 5) is 18.0. The molecule has 21 heavy (non-hydrogen) atoms. The second-order valence-corrected chi connectivity index (χ2v) is 5.93. The van der Waals surface area contributed by atoms with Crippen LogP contribution in [0.1, 0.15) is 39.0 Å². The maximum Gasteiger partial charge on any atom is 0.243 e. The molecular formula is C14H25N7. The molecule has 1 saturated heterocycles. The molecule has 0 amide bonds. The third-order valence-corrected chi connectivity index (χ3v) is 4.50. The molecule has 0 radical (unpaired) electrons. The summed E-state index contributed by atoms with van der Waals surface area (Å²) >= 11 is 0. The topological polar surface area (TPSA) is 83.2 Å². The van der Waals surface area contributed by atoms with Gasteiger partial charge in [0.15, 0.2) is 0 Å². The zero-order chi connectivity index (χ0) is 14.7. The van der Waals surface area contributed by atoms with Crippen molar-refractivity contribution >= 4 is 17.8 Å². The molecule has 1 saturated carbocycles.